The van der Waals surface area contributed by atoms with Crippen molar-refractivity contribution in [1.29, 1.82) is 0 Å². The zero-order chi connectivity index (χ0) is 25.1. The highest BCUT2D eigenvalue weighted by Crippen LogP contribution is 2.44. The lowest BCUT2D eigenvalue weighted by Crippen LogP contribution is -2.63. The number of rotatable bonds is 10. The largest absolute Gasteiger partial charge is 0.481 e. The molecule has 0 spiro atoms. The number of carbonyl (C=O) groups excluding carboxylic acids is 2. The minimum atomic E-state index is -0.937. The van der Waals surface area contributed by atoms with Gasteiger partial charge in [0.25, 0.3) is 0 Å². The van der Waals surface area contributed by atoms with Gasteiger partial charge in [0.15, 0.2) is 0 Å². The molecule has 2 aromatic rings. The van der Waals surface area contributed by atoms with Crippen LogP contribution in [0.15, 0.2) is 48.5 Å². The lowest BCUT2D eigenvalue weighted by atomic mass is 9.76. The van der Waals surface area contributed by atoms with E-state index >= 15 is 0 Å². The molecule has 0 atom stereocenters. The number of carboxylic acid groups (broad SMARTS) is 1. The monoisotopic (exact) mass is 478 g/mol. The Balaban J connectivity index is 1.31. The molecule has 0 bridgehead atoms. The molecule has 7 nitrogen and oxygen atoms in total. The molecule has 35 heavy (non-hydrogen) atoms. The Hall–Kier alpha value is -3.35. The topological polar surface area (TPSA) is 105 Å². The van der Waals surface area contributed by atoms with E-state index < -0.39 is 17.6 Å². The first-order valence-electron chi connectivity index (χ1n) is 12.3. The van der Waals surface area contributed by atoms with E-state index in [1.54, 1.807) is 0 Å². The van der Waals surface area contributed by atoms with E-state index in [-0.39, 0.29) is 30.3 Å². The van der Waals surface area contributed by atoms with Crippen LogP contribution in [-0.4, -0.2) is 41.8 Å². The molecule has 0 radical (unpaired) electrons. The normalized spacial score (nSPS) is 15.9. The summed E-state index contributed by atoms with van der Waals surface area (Å²) in [7, 11) is 0. The van der Waals surface area contributed by atoms with Gasteiger partial charge in [0.05, 0.1) is 0 Å². The van der Waals surface area contributed by atoms with Gasteiger partial charge in [-0.25, -0.2) is 4.79 Å². The van der Waals surface area contributed by atoms with Gasteiger partial charge in [0.2, 0.25) is 5.91 Å². The molecule has 0 aliphatic heterocycles. The summed E-state index contributed by atoms with van der Waals surface area (Å²) < 4.78 is 5.65. The average Bonchev–Trinajstić information content (AvgIpc) is 3.12. The number of aliphatic carboxylic acids is 1. The van der Waals surface area contributed by atoms with Crippen LogP contribution in [0.3, 0.4) is 0 Å². The first kappa shape index (κ1) is 24.8. The molecule has 4 rings (SSSR count). The predicted molar refractivity (Wildman–Crippen MR) is 133 cm³/mol. The number of hydrogen-bond acceptors (Lipinski definition) is 4. The van der Waals surface area contributed by atoms with Crippen molar-refractivity contribution in [2.24, 2.45) is 5.41 Å². The maximum Gasteiger partial charge on any atom is 0.408 e. The molecule has 0 saturated heterocycles. The number of amides is 2. The van der Waals surface area contributed by atoms with Crippen LogP contribution in [0, 0.1) is 5.41 Å². The minimum Gasteiger partial charge on any atom is -0.481 e. The Morgan fingerprint density at radius 3 is 2.14 bits per heavy atom. The molecule has 1 saturated carbocycles. The van der Waals surface area contributed by atoms with Crippen LogP contribution >= 0.6 is 0 Å². The summed E-state index contributed by atoms with van der Waals surface area (Å²) in [6.45, 7) is 4.63. The van der Waals surface area contributed by atoms with Crippen LogP contribution in [0.1, 0.15) is 69.4 Å². The number of nitrogens with one attached hydrogen (secondary N) is 2. The van der Waals surface area contributed by atoms with Crippen molar-refractivity contribution in [1.82, 2.24) is 10.6 Å². The van der Waals surface area contributed by atoms with E-state index in [0.29, 0.717) is 32.2 Å². The van der Waals surface area contributed by atoms with Gasteiger partial charge in [-0.1, -0.05) is 62.4 Å². The second-order valence-electron chi connectivity index (χ2n) is 10.5. The number of benzene rings is 2. The van der Waals surface area contributed by atoms with Crippen molar-refractivity contribution in [3.63, 3.8) is 0 Å². The molecule has 1 fully saturated rings. The minimum absolute atomic E-state index is 0.0349. The fraction of sp³-hybridized carbons (Fsp3) is 0.464. The van der Waals surface area contributed by atoms with Crippen LogP contribution < -0.4 is 10.6 Å². The average molecular weight is 479 g/mol. The van der Waals surface area contributed by atoms with Crippen LogP contribution in [0.2, 0.25) is 0 Å². The first-order chi connectivity index (χ1) is 16.7. The van der Waals surface area contributed by atoms with Crippen molar-refractivity contribution < 1.29 is 24.2 Å². The third-order valence-corrected chi connectivity index (χ3v) is 7.43. The van der Waals surface area contributed by atoms with Gasteiger partial charge in [0.1, 0.15) is 12.1 Å². The molecule has 186 valence electrons. The molecular weight excluding hydrogens is 444 g/mol. The van der Waals surface area contributed by atoms with Crippen molar-refractivity contribution in [3.05, 3.63) is 59.7 Å². The van der Waals surface area contributed by atoms with Crippen LogP contribution in [-0.2, 0) is 14.3 Å². The lowest BCUT2D eigenvalue weighted by molar-refractivity contribution is -0.137. The second-order valence-corrected chi connectivity index (χ2v) is 10.5. The number of alkyl carbamates (subject to hydrolysis) is 1. The van der Waals surface area contributed by atoms with Gasteiger partial charge in [-0.3, -0.25) is 9.59 Å². The third kappa shape index (κ3) is 5.50. The first-order valence-corrected chi connectivity index (χ1v) is 12.3. The second kappa shape index (κ2) is 10.1. The Morgan fingerprint density at radius 2 is 1.60 bits per heavy atom. The Kier molecular flexibility index (Phi) is 7.15. The maximum absolute atomic E-state index is 12.9. The Labute approximate surface area is 206 Å². The van der Waals surface area contributed by atoms with E-state index in [2.05, 4.69) is 34.9 Å². The zero-order valence-electron chi connectivity index (χ0n) is 20.4. The molecule has 0 heterocycles. The molecule has 0 unspecified atom stereocenters. The molecule has 2 aliphatic carbocycles. The SMILES string of the molecule is CC(C)(CCNC(=O)C1(NC(=O)OCC2c3ccccc3-c3ccccc32)CCC1)CCC(=O)O. The number of carbonyl (C=O) groups is 3. The Bertz CT molecular complexity index is 1060. The molecular formula is C28H34N2O5. The molecule has 2 aliphatic rings. The number of fused-ring (bicyclic) bond motifs is 3. The molecule has 7 heteroatoms. The summed E-state index contributed by atoms with van der Waals surface area (Å²) in [6, 6.07) is 16.3. The van der Waals surface area contributed by atoms with Gasteiger partial charge >= 0.3 is 12.1 Å². The highest BCUT2D eigenvalue weighted by Gasteiger charge is 2.46. The third-order valence-electron chi connectivity index (χ3n) is 7.43. The van der Waals surface area contributed by atoms with Crippen LogP contribution in [0.5, 0.6) is 0 Å². The van der Waals surface area contributed by atoms with Crippen LogP contribution in [0.4, 0.5) is 4.79 Å². The number of hydrogen-bond donors (Lipinski definition) is 3. The quantitative estimate of drug-likeness (QED) is 0.453. The summed E-state index contributed by atoms with van der Waals surface area (Å²) in [4.78, 5) is 36.5. The van der Waals surface area contributed by atoms with Gasteiger partial charge in [-0.05, 0) is 59.8 Å². The molecule has 3 N–H and O–H groups in total. The summed E-state index contributed by atoms with van der Waals surface area (Å²) in [5.41, 5.74) is 3.48. The highest BCUT2D eigenvalue weighted by molar-refractivity contribution is 5.91. The Morgan fingerprint density at radius 1 is 1.00 bits per heavy atom. The number of ether oxygens (including phenoxy) is 1. The fourth-order valence-electron chi connectivity index (χ4n) is 5.02. The van der Waals surface area contributed by atoms with Crippen molar-refractivity contribution in [2.75, 3.05) is 13.2 Å². The maximum atomic E-state index is 12.9. The van der Waals surface area contributed by atoms with Crippen molar-refractivity contribution >= 4 is 18.0 Å². The summed E-state index contributed by atoms with van der Waals surface area (Å²) in [5.74, 6) is -1.05. The van der Waals surface area contributed by atoms with Gasteiger partial charge in [-0.2, -0.15) is 0 Å². The standard InChI is InChI=1S/C28H34N2O5/c1-27(2,15-12-24(31)32)16-17-29-25(33)28(13-7-14-28)30-26(34)35-18-23-21-10-5-3-8-19(21)20-9-4-6-11-22(20)23/h3-6,8-11,23H,7,12-18H2,1-2H3,(H,29,33)(H,30,34)(H,31,32). The van der Waals surface area contributed by atoms with E-state index in [0.717, 1.165) is 17.5 Å². The van der Waals surface area contributed by atoms with E-state index in [1.807, 2.05) is 38.1 Å². The smallest absolute Gasteiger partial charge is 0.408 e. The molecule has 2 aromatic carbocycles. The van der Waals surface area contributed by atoms with E-state index in [4.69, 9.17) is 9.84 Å². The fourth-order valence-corrected chi connectivity index (χ4v) is 5.02. The van der Waals surface area contributed by atoms with E-state index in [9.17, 15) is 14.4 Å². The lowest BCUT2D eigenvalue weighted by Gasteiger charge is -2.40. The summed E-state index contributed by atoms with van der Waals surface area (Å²) in [6.07, 6.45) is 2.74. The summed E-state index contributed by atoms with van der Waals surface area (Å²) >= 11 is 0. The highest BCUT2D eigenvalue weighted by atomic mass is 16.5. The molecule has 0 aromatic heterocycles. The van der Waals surface area contributed by atoms with Gasteiger partial charge < -0.3 is 20.5 Å². The van der Waals surface area contributed by atoms with E-state index in [1.165, 1.54) is 11.1 Å². The predicted octanol–water partition coefficient (Wildman–Crippen LogP) is 4.85. The van der Waals surface area contributed by atoms with Crippen molar-refractivity contribution in [3.8, 4) is 11.1 Å². The molecule has 2 amide bonds. The summed E-state index contributed by atoms with van der Waals surface area (Å²) in [5, 5.41) is 14.7. The van der Waals surface area contributed by atoms with Gasteiger partial charge in [0, 0.05) is 18.9 Å². The van der Waals surface area contributed by atoms with Crippen LogP contribution in [0.25, 0.3) is 11.1 Å². The zero-order valence-corrected chi connectivity index (χ0v) is 20.4. The van der Waals surface area contributed by atoms with Crippen molar-refractivity contribution in [2.45, 2.75) is 63.8 Å². The van der Waals surface area contributed by atoms with Gasteiger partial charge in [-0.15, -0.1) is 0 Å². The number of carboxylic acids is 1.